The van der Waals surface area contributed by atoms with Crippen LogP contribution >= 0.6 is 0 Å². The quantitative estimate of drug-likeness (QED) is 0.811. The monoisotopic (exact) mass is 258 g/mol. The molecule has 3 rings (SSSR count). The molecule has 19 heavy (non-hydrogen) atoms. The average molecular weight is 258 g/mol. The normalized spacial score (nSPS) is 28.8. The SMILES string of the molecule is CCCN(CC1CC2CCC1C2)c1ccccc1N. The smallest absolute Gasteiger partial charge is 0.0600 e. The predicted molar refractivity (Wildman–Crippen MR) is 82.3 cm³/mol. The van der Waals surface area contributed by atoms with Gasteiger partial charge < -0.3 is 10.6 Å². The number of nitrogen functional groups attached to an aromatic ring is 1. The van der Waals surface area contributed by atoms with Gasteiger partial charge in [0.05, 0.1) is 11.4 Å². The van der Waals surface area contributed by atoms with E-state index < -0.39 is 0 Å². The van der Waals surface area contributed by atoms with Crippen LogP contribution in [0.25, 0.3) is 0 Å². The molecule has 2 heteroatoms. The second-order valence-electron chi connectivity index (χ2n) is 6.44. The Morgan fingerprint density at radius 2 is 2.05 bits per heavy atom. The Labute approximate surface area is 117 Å². The van der Waals surface area contributed by atoms with Crippen LogP contribution in [0.2, 0.25) is 0 Å². The van der Waals surface area contributed by atoms with E-state index in [4.69, 9.17) is 5.73 Å². The summed E-state index contributed by atoms with van der Waals surface area (Å²) in [5, 5.41) is 0. The highest BCUT2D eigenvalue weighted by atomic mass is 15.1. The summed E-state index contributed by atoms with van der Waals surface area (Å²) < 4.78 is 0. The van der Waals surface area contributed by atoms with Gasteiger partial charge in [-0.15, -0.1) is 0 Å². The highest BCUT2D eigenvalue weighted by Crippen LogP contribution is 2.48. The molecular formula is C17H26N2. The lowest BCUT2D eigenvalue weighted by Gasteiger charge is -2.32. The Balaban J connectivity index is 1.73. The molecule has 0 spiro atoms. The first-order valence-electron chi connectivity index (χ1n) is 7.87. The number of para-hydroxylation sites is 2. The van der Waals surface area contributed by atoms with Crippen LogP contribution in [0.1, 0.15) is 39.0 Å². The molecule has 2 nitrogen and oxygen atoms in total. The Kier molecular flexibility index (Phi) is 3.67. The van der Waals surface area contributed by atoms with Crippen molar-refractivity contribution in [1.29, 1.82) is 0 Å². The van der Waals surface area contributed by atoms with Gasteiger partial charge in [-0.1, -0.05) is 25.5 Å². The first-order chi connectivity index (χ1) is 9.28. The minimum Gasteiger partial charge on any atom is -0.397 e. The molecule has 0 radical (unpaired) electrons. The van der Waals surface area contributed by atoms with Crippen molar-refractivity contribution in [3.8, 4) is 0 Å². The van der Waals surface area contributed by atoms with Gasteiger partial charge in [-0.25, -0.2) is 0 Å². The first kappa shape index (κ1) is 12.8. The van der Waals surface area contributed by atoms with E-state index in [2.05, 4.69) is 24.0 Å². The fraction of sp³-hybridized carbons (Fsp3) is 0.647. The fourth-order valence-corrected chi connectivity index (χ4v) is 4.24. The molecule has 0 saturated heterocycles. The van der Waals surface area contributed by atoms with Gasteiger partial charge in [0.15, 0.2) is 0 Å². The van der Waals surface area contributed by atoms with Crippen LogP contribution in [0.15, 0.2) is 24.3 Å². The number of fused-ring (bicyclic) bond motifs is 2. The van der Waals surface area contributed by atoms with Gasteiger partial charge in [-0.3, -0.25) is 0 Å². The van der Waals surface area contributed by atoms with Gasteiger partial charge in [0.1, 0.15) is 0 Å². The molecular weight excluding hydrogens is 232 g/mol. The number of rotatable bonds is 5. The second-order valence-corrected chi connectivity index (χ2v) is 6.44. The zero-order valence-corrected chi connectivity index (χ0v) is 12.0. The molecule has 0 heterocycles. The van der Waals surface area contributed by atoms with Gasteiger partial charge in [-0.2, -0.15) is 0 Å². The van der Waals surface area contributed by atoms with E-state index in [-0.39, 0.29) is 0 Å². The van der Waals surface area contributed by atoms with Crippen LogP contribution in [-0.2, 0) is 0 Å². The molecule has 2 saturated carbocycles. The van der Waals surface area contributed by atoms with Crippen molar-refractivity contribution in [2.24, 2.45) is 17.8 Å². The van der Waals surface area contributed by atoms with Crippen molar-refractivity contribution in [3.63, 3.8) is 0 Å². The lowest BCUT2D eigenvalue weighted by Crippen LogP contribution is -2.33. The van der Waals surface area contributed by atoms with Gasteiger partial charge in [0.2, 0.25) is 0 Å². The molecule has 104 valence electrons. The summed E-state index contributed by atoms with van der Waals surface area (Å²) in [5.41, 5.74) is 8.33. The summed E-state index contributed by atoms with van der Waals surface area (Å²) in [5.74, 6) is 2.94. The number of hydrogen-bond donors (Lipinski definition) is 1. The van der Waals surface area contributed by atoms with E-state index in [0.29, 0.717) is 0 Å². The van der Waals surface area contributed by atoms with Gasteiger partial charge in [0, 0.05) is 13.1 Å². The van der Waals surface area contributed by atoms with Crippen LogP contribution < -0.4 is 10.6 Å². The zero-order valence-electron chi connectivity index (χ0n) is 12.0. The Bertz CT molecular complexity index is 429. The Morgan fingerprint density at radius 1 is 1.21 bits per heavy atom. The molecule has 1 aromatic carbocycles. The van der Waals surface area contributed by atoms with Crippen LogP contribution in [0.4, 0.5) is 11.4 Å². The van der Waals surface area contributed by atoms with Crippen LogP contribution in [-0.4, -0.2) is 13.1 Å². The van der Waals surface area contributed by atoms with E-state index in [1.807, 2.05) is 12.1 Å². The topological polar surface area (TPSA) is 29.3 Å². The third-order valence-electron chi connectivity index (χ3n) is 5.11. The van der Waals surface area contributed by atoms with Crippen molar-refractivity contribution >= 4 is 11.4 Å². The van der Waals surface area contributed by atoms with Crippen molar-refractivity contribution < 1.29 is 0 Å². The molecule has 0 aliphatic heterocycles. The lowest BCUT2D eigenvalue weighted by molar-refractivity contribution is 0.334. The van der Waals surface area contributed by atoms with Crippen molar-refractivity contribution in [3.05, 3.63) is 24.3 Å². The van der Waals surface area contributed by atoms with E-state index in [0.717, 1.165) is 30.0 Å². The highest BCUT2D eigenvalue weighted by Gasteiger charge is 2.39. The standard InChI is InChI=1S/C17H26N2/c1-2-9-19(17-6-4-3-5-16(17)18)12-15-11-13-7-8-14(15)10-13/h3-6,13-15H,2,7-12,18H2,1H3. The maximum atomic E-state index is 6.16. The van der Waals surface area contributed by atoms with E-state index in [9.17, 15) is 0 Å². The number of benzene rings is 1. The fourth-order valence-electron chi connectivity index (χ4n) is 4.24. The van der Waals surface area contributed by atoms with Gasteiger partial charge in [0.25, 0.3) is 0 Å². The van der Waals surface area contributed by atoms with E-state index in [1.54, 1.807) is 0 Å². The maximum Gasteiger partial charge on any atom is 0.0600 e. The minimum atomic E-state index is 0.907. The molecule has 0 amide bonds. The molecule has 2 bridgehead atoms. The summed E-state index contributed by atoms with van der Waals surface area (Å²) in [6.07, 6.45) is 7.10. The molecule has 2 aliphatic carbocycles. The van der Waals surface area contributed by atoms with Gasteiger partial charge >= 0.3 is 0 Å². The number of nitrogens with two attached hydrogens (primary N) is 1. The molecule has 0 aromatic heterocycles. The third kappa shape index (κ3) is 2.58. The summed E-state index contributed by atoms with van der Waals surface area (Å²) in [4.78, 5) is 2.53. The summed E-state index contributed by atoms with van der Waals surface area (Å²) >= 11 is 0. The van der Waals surface area contributed by atoms with Crippen molar-refractivity contribution in [2.75, 3.05) is 23.7 Å². The summed E-state index contributed by atoms with van der Waals surface area (Å²) in [6, 6.07) is 8.34. The largest absolute Gasteiger partial charge is 0.397 e. The molecule has 1 aromatic rings. The number of nitrogens with zero attached hydrogens (tertiary/aromatic N) is 1. The van der Waals surface area contributed by atoms with Crippen LogP contribution in [0, 0.1) is 17.8 Å². The predicted octanol–water partition coefficient (Wildman–Crippen LogP) is 3.92. The van der Waals surface area contributed by atoms with E-state index >= 15 is 0 Å². The number of anilines is 2. The highest BCUT2D eigenvalue weighted by molar-refractivity contribution is 5.67. The summed E-state index contributed by atoms with van der Waals surface area (Å²) in [6.45, 7) is 4.60. The lowest BCUT2D eigenvalue weighted by atomic mass is 9.88. The Hall–Kier alpha value is -1.18. The third-order valence-corrected chi connectivity index (χ3v) is 5.11. The zero-order chi connectivity index (χ0) is 13.2. The molecule has 3 atom stereocenters. The maximum absolute atomic E-state index is 6.16. The van der Waals surface area contributed by atoms with Crippen LogP contribution in [0.5, 0.6) is 0 Å². The van der Waals surface area contributed by atoms with Crippen LogP contribution in [0.3, 0.4) is 0 Å². The summed E-state index contributed by atoms with van der Waals surface area (Å²) in [7, 11) is 0. The van der Waals surface area contributed by atoms with E-state index in [1.165, 1.54) is 44.3 Å². The molecule has 2 N–H and O–H groups in total. The van der Waals surface area contributed by atoms with Gasteiger partial charge in [-0.05, 0) is 55.6 Å². The second kappa shape index (κ2) is 5.44. The van der Waals surface area contributed by atoms with Crippen molar-refractivity contribution in [1.82, 2.24) is 0 Å². The Morgan fingerprint density at radius 3 is 2.68 bits per heavy atom. The number of hydrogen-bond acceptors (Lipinski definition) is 2. The molecule has 3 unspecified atom stereocenters. The van der Waals surface area contributed by atoms with Crippen molar-refractivity contribution in [2.45, 2.75) is 39.0 Å². The first-order valence-corrected chi connectivity index (χ1v) is 7.87. The molecule has 2 fully saturated rings. The molecule has 2 aliphatic rings. The average Bonchev–Trinajstić information content (AvgIpc) is 3.01. The minimum absolute atomic E-state index is 0.907.